The van der Waals surface area contributed by atoms with Crippen molar-refractivity contribution in [3.8, 4) is 0 Å². The highest BCUT2D eigenvalue weighted by Crippen LogP contribution is 2.20. The van der Waals surface area contributed by atoms with Crippen LogP contribution < -0.4 is 5.73 Å². The third-order valence-electron chi connectivity index (χ3n) is 2.84. The highest BCUT2D eigenvalue weighted by atomic mass is 16.3. The first-order valence-electron chi connectivity index (χ1n) is 5.70. The summed E-state index contributed by atoms with van der Waals surface area (Å²) in [5, 5.41) is 19.0. The van der Waals surface area contributed by atoms with Crippen LogP contribution in [0.1, 0.15) is 0 Å². The molecule has 3 aromatic heterocycles. The molecule has 19 heavy (non-hydrogen) atoms. The number of anilines is 1. The Balaban J connectivity index is 2.18. The van der Waals surface area contributed by atoms with E-state index >= 15 is 0 Å². The van der Waals surface area contributed by atoms with Gasteiger partial charge in [0.05, 0.1) is 31.0 Å². The van der Waals surface area contributed by atoms with Crippen molar-refractivity contribution in [2.75, 3.05) is 12.3 Å². The number of aromatic nitrogens is 5. The van der Waals surface area contributed by atoms with Crippen LogP contribution in [0.5, 0.6) is 0 Å². The molecule has 0 saturated heterocycles. The minimum atomic E-state index is -0.856. The molecule has 8 nitrogen and oxygen atoms in total. The second-order valence-electron chi connectivity index (χ2n) is 4.19. The second-order valence-corrected chi connectivity index (χ2v) is 4.19. The Bertz CT molecular complexity index is 740. The molecule has 0 amide bonds. The molecule has 0 aliphatic heterocycles. The van der Waals surface area contributed by atoms with Gasteiger partial charge in [-0.3, -0.25) is 0 Å². The van der Waals surface area contributed by atoms with Gasteiger partial charge >= 0.3 is 0 Å². The quantitative estimate of drug-likeness (QED) is 0.569. The fourth-order valence-corrected chi connectivity index (χ4v) is 1.90. The van der Waals surface area contributed by atoms with Crippen LogP contribution in [0.3, 0.4) is 0 Å². The molecule has 0 spiro atoms. The monoisotopic (exact) mass is 260 g/mol. The van der Waals surface area contributed by atoms with Crippen LogP contribution in [0.2, 0.25) is 0 Å². The largest absolute Gasteiger partial charge is 0.394 e. The number of aliphatic hydroxyl groups excluding tert-OH is 2. The van der Waals surface area contributed by atoms with Crippen LogP contribution in [0.4, 0.5) is 5.82 Å². The highest BCUT2D eigenvalue weighted by molar-refractivity contribution is 5.93. The molecule has 4 N–H and O–H groups in total. The van der Waals surface area contributed by atoms with Gasteiger partial charge in [0.15, 0.2) is 11.3 Å². The van der Waals surface area contributed by atoms with E-state index in [-0.39, 0.29) is 13.2 Å². The molecule has 0 fully saturated rings. The SMILES string of the molecule is Nc1ncnc2nc3c(cc12)ncn3CC(O)CO. The molecule has 0 aliphatic carbocycles. The predicted molar refractivity (Wildman–Crippen MR) is 68.1 cm³/mol. The fourth-order valence-electron chi connectivity index (χ4n) is 1.90. The van der Waals surface area contributed by atoms with Crippen molar-refractivity contribution in [3.05, 3.63) is 18.7 Å². The van der Waals surface area contributed by atoms with Crippen LogP contribution in [-0.2, 0) is 6.54 Å². The topological polar surface area (TPSA) is 123 Å². The summed E-state index contributed by atoms with van der Waals surface area (Å²) in [5.74, 6) is 0.351. The van der Waals surface area contributed by atoms with Gasteiger partial charge in [-0.2, -0.15) is 0 Å². The fraction of sp³-hybridized carbons (Fsp3) is 0.273. The average molecular weight is 260 g/mol. The first kappa shape index (κ1) is 11.8. The lowest BCUT2D eigenvalue weighted by molar-refractivity contribution is 0.0820. The molecular formula is C11H12N6O2. The van der Waals surface area contributed by atoms with Crippen molar-refractivity contribution >= 4 is 28.0 Å². The van der Waals surface area contributed by atoms with Gasteiger partial charge < -0.3 is 20.5 Å². The van der Waals surface area contributed by atoms with E-state index in [4.69, 9.17) is 10.8 Å². The molecule has 3 heterocycles. The summed E-state index contributed by atoms with van der Waals surface area (Å²) in [6.07, 6.45) is 2.05. The van der Waals surface area contributed by atoms with Gasteiger partial charge in [-0.15, -0.1) is 0 Å². The molecule has 0 saturated carbocycles. The Morgan fingerprint density at radius 1 is 1.32 bits per heavy atom. The third-order valence-corrected chi connectivity index (χ3v) is 2.84. The first-order chi connectivity index (χ1) is 9.19. The van der Waals surface area contributed by atoms with Gasteiger partial charge in [-0.05, 0) is 6.07 Å². The minimum Gasteiger partial charge on any atom is -0.394 e. The summed E-state index contributed by atoms with van der Waals surface area (Å²) < 4.78 is 1.66. The van der Waals surface area contributed by atoms with Gasteiger partial charge in [-0.1, -0.05) is 0 Å². The number of nitrogens with two attached hydrogens (primary N) is 1. The maximum Gasteiger partial charge on any atom is 0.167 e. The molecule has 0 radical (unpaired) electrons. The Labute approximate surface area is 107 Å². The molecule has 1 atom stereocenters. The van der Waals surface area contributed by atoms with Crippen molar-refractivity contribution in [1.29, 1.82) is 0 Å². The molecule has 0 bridgehead atoms. The lowest BCUT2D eigenvalue weighted by Crippen LogP contribution is -2.19. The van der Waals surface area contributed by atoms with Crippen molar-refractivity contribution < 1.29 is 10.2 Å². The zero-order chi connectivity index (χ0) is 13.4. The van der Waals surface area contributed by atoms with Gasteiger partial charge in [0.25, 0.3) is 0 Å². The van der Waals surface area contributed by atoms with Crippen LogP contribution >= 0.6 is 0 Å². The minimum absolute atomic E-state index is 0.214. The van der Waals surface area contributed by atoms with Gasteiger partial charge in [-0.25, -0.2) is 19.9 Å². The Kier molecular flexibility index (Phi) is 2.73. The molecule has 3 aromatic rings. The first-order valence-corrected chi connectivity index (χ1v) is 5.70. The summed E-state index contributed by atoms with van der Waals surface area (Å²) in [4.78, 5) is 16.5. The van der Waals surface area contributed by atoms with Crippen LogP contribution in [-0.4, -0.2) is 47.4 Å². The van der Waals surface area contributed by atoms with Crippen molar-refractivity contribution in [2.24, 2.45) is 0 Å². The maximum atomic E-state index is 9.47. The van der Waals surface area contributed by atoms with Crippen LogP contribution in [0.15, 0.2) is 18.7 Å². The standard InChI is InChI=1S/C11H12N6O2/c12-9-7-1-8-11(16-10(7)14-4-13-9)17(5-15-8)2-6(19)3-18/h1,4-6,18-19H,2-3H2,(H2,12,13,14,16). The summed E-state index contributed by atoms with van der Waals surface area (Å²) in [5.41, 5.74) is 7.45. The normalized spacial score (nSPS) is 13.2. The Hall–Kier alpha value is -2.32. The van der Waals surface area contributed by atoms with E-state index in [0.717, 1.165) is 0 Å². The lowest BCUT2D eigenvalue weighted by atomic mass is 10.3. The van der Waals surface area contributed by atoms with E-state index in [2.05, 4.69) is 19.9 Å². The molecule has 98 valence electrons. The second kappa shape index (κ2) is 4.41. The number of rotatable bonds is 3. The van der Waals surface area contributed by atoms with E-state index in [9.17, 15) is 5.11 Å². The van der Waals surface area contributed by atoms with E-state index < -0.39 is 6.10 Å². The van der Waals surface area contributed by atoms with Gasteiger partial charge in [0, 0.05) is 0 Å². The number of nitrogens with zero attached hydrogens (tertiary/aromatic N) is 5. The Morgan fingerprint density at radius 2 is 2.16 bits per heavy atom. The molecule has 3 rings (SSSR count). The van der Waals surface area contributed by atoms with Crippen LogP contribution in [0.25, 0.3) is 22.2 Å². The van der Waals surface area contributed by atoms with Crippen molar-refractivity contribution in [3.63, 3.8) is 0 Å². The molecule has 0 aromatic carbocycles. The van der Waals surface area contributed by atoms with Crippen molar-refractivity contribution in [1.82, 2.24) is 24.5 Å². The number of pyridine rings is 1. The summed E-state index contributed by atoms with van der Waals surface area (Å²) >= 11 is 0. The Morgan fingerprint density at radius 3 is 2.95 bits per heavy atom. The maximum absolute atomic E-state index is 9.47. The van der Waals surface area contributed by atoms with E-state index in [0.29, 0.717) is 28.0 Å². The predicted octanol–water partition coefficient (Wildman–Crippen LogP) is -0.690. The van der Waals surface area contributed by atoms with E-state index in [1.54, 1.807) is 17.0 Å². The van der Waals surface area contributed by atoms with Gasteiger partial charge in [0.2, 0.25) is 0 Å². The summed E-state index contributed by atoms with van der Waals surface area (Å²) in [6, 6.07) is 1.76. The molecular weight excluding hydrogens is 248 g/mol. The lowest BCUT2D eigenvalue weighted by Gasteiger charge is -2.08. The number of fused-ring (bicyclic) bond motifs is 2. The number of hydrogen-bond acceptors (Lipinski definition) is 7. The molecule has 1 unspecified atom stereocenters. The number of aliphatic hydroxyl groups is 2. The smallest absolute Gasteiger partial charge is 0.167 e. The van der Waals surface area contributed by atoms with Gasteiger partial charge in [0.1, 0.15) is 17.7 Å². The van der Waals surface area contributed by atoms with E-state index in [1.165, 1.54) is 6.33 Å². The van der Waals surface area contributed by atoms with Crippen LogP contribution in [0, 0.1) is 0 Å². The number of nitrogen functional groups attached to an aromatic ring is 1. The third kappa shape index (κ3) is 1.96. The summed E-state index contributed by atoms with van der Waals surface area (Å²) in [7, 11) is 0. The van der Waals surface area contributed by atoms with Crippen molar-refractivity contribution in [2.45, 2.75) is 12.6 Å². The van der Waals surface area contributed by atoms with E-state index in [1.807, 2.05) is 0 Å². The zero-order valence-electron chi connectivity index (χ0n) is 9.93. The molecule has 0 aliphatic rings. The molecule has 8 heteroatoms. The zero-order valence-corrected chi connectivity index (χ0v) is 9.93. The number of imidazole rings is 1. The average Bonchev–Trinajstić information content (AvgIpc) is 2.80. The number of hydrogen-bond donors (Lipinski definition) is 3. The highest BCUT2D eigenvalue weighted by Gasteiger charge is 2.11. The summed E-state index contributed by atoms with van der Waals surface area (Å²) in [6.45, 7) is -0.103.